The Hall–Kier alpha value is -2.82. The van der Waals surface area contributed by atoms with E-state index in [4.69, 9.17) is 4.74 Å². The van der Waals surface area contributed by atoms with E-state index in [1.165, 1.54) is 12.1 Å². The number of aryl methyl sites for hydroxylation is 1. The number of halogens is 1. The lowest BCUT2D eigenvalue weighted by Gasteiger charge is -2.09. The number of benzene rings is 2. The predicted octanol–water partition coefficient (Wildman–Crippen LogP) is 4.30. The second kappa shape index (κ2) is 6.12. The van der Waals surface area contributed by atoms with Crippen LogP contribution in [0, 0.1) is 12.7 Å². The summed E-state index contributed by atoms with van der Waals surface area (Å²) < 4.78 is 18.5. The molecule has 0 radical (unpaired) electrons. The second-order valence-electron chi connectivity index (χ2n) is 5.19. The highest BCUT2D eigenvalue weighted by molar-refractivity contribution is 5.85. The standard InChI is InChI=1S/C18H17FN2O2/c1-3-23-14-8-9-15(16(22)10-14)18-17(11(2)20-21-18)12-4-6-13(19)7-5-12/h4-10,22H,3H2,1-2H3,(H,20,21). The summed E-state index contributed by atoms with van der Waals surface area (Å²) in [6.07, 6.45) is 0. The predicted molar refractivity (Wildman–Crippen MR) is 87.0 cm³/mol. The molecule has 118 valence electrons. The van der Waals surface area contributed by atoms with E-state index < -0.39 is 0 Å². The SMILES string of the molecule is CCOc1ccc(-c2n[nH]c(C)c2-c2ccc(F)cc2)c(O)c1. The van der Waals surface area contributed by atoms with Gasteiger partial charge in [0.1, 0.15) is 23.0 Å². The van der Waals surface area contributed by atoms with Crippen LogP contribution in [0.2, 0.25) is 0 Å². The number of phenolic OH excluding ortho intramolecular Hbond substituents is 1. The molecule has 0 aliphatic heterocycles. The van der Waals surface area contributed by atoms with Gasteiger partial charge in [0.05, 0.1) is 6.61 Å². The van der Waals surface area contributed by atoms with Gasteiger partial charge < -0.3 is 9.84 Å². The molecular formula is C18H17FN2O2. The molecule has 1 aromatic heterocycles. The fourth-order valence-corrected chi connectivity index (χ4v) is 2.56. The molecule has 3 aromatic rings. The number of aromatic nitrogens is 2. The van der Waals surface area contributed by atoms with E-state index in [9.17, 15) is 9.50 Å². The molecule has 0 bridgehead atoms. The Morgan fingerprint density at radius 3 is 2.57 bits per heavy atom. The third-order valence-corrected chi connectivity index (χ3v) is 3.62. The van der Waals surface area contributed by atoms with Crippen molar-refractivity contribution < 1.29 is 14.2 Å². The summed E-state index contributed by atoms with van der Waals surface area (Å²) in [7, 11) is 0. The number of ether oxygens (including phenoxy) is 1. The second-order valence-corrected chi connectivity index (χ2v) is 5.19. The zero-order valence-corrected chi connectivity index (χ0v) is 12.9. The Balaban J connectivity index is 2.09. The van der Waals surface area contributed by atoms with Crippen LogP contribution < -0.4 is 4.74 Å². The number of nitrogens with one attached hydrogen (secondary N) is 1. The summed E-state index contributed by atoms with van der Waals surface area (Å²) in [6, 6.07) is 11.3. The Kier molecular flexibility index (Phi) is 4.02. The van der Waals surface area contributed by atoms with E-state index >= 15 is 0 Å². The minimum Gasteiger partial charge on any atom is -0.507 e. The van der Waals surface area contributed by atoms with Crippen molar-refractivity contribution in [2.75, 3.05) is 6.61 Å². The maximum atomic E-state index is 13.2. The van der Waals surface area contributed by atoms with Gasteiger partial charge in [0, 0.05) is 22.9 Å². The zero-order chi connectivity index (χ0) is 16.4. The van der Waals surface area contributed by atoms with Gasteiger partial charge in [0.15, 0.2) is 0 Å². The van der Waals surface area contributed by atoms with Gasteiger partial charge >= 0.3 is 0 Å². The highest BCUT2D eigenvalue weighted by Gasteiger charge is 2.17. The molecule has 1 heterocycles. The van der Waals surface area contributed by atoms with Gasteiger partial charge in [0.25, 0.3) is 0 Å². The zero-order valence-electron chi connectivity index (χ0n) is 12.9. The molecule has 5 heteroatoms. The van der Waals surface area contributed by atoms with Crippen LogP contribution in [0.3, 0.4) is 0 Å². The van der Waals surface area contributed by atoms with Crippen molar-refractivity contribution >= 4 is 0 Å². The van der Waals surface area contributed by atoms with E-state index in [1.807, 2.05) is 13.8 Å². The van der Waals surface area contributed by atoms with Gasteiger partial charge in [-0.3, -0.25) is 5.10 Å². The van der Waals surface area contributed by atoms with E-state index in [2.05, 4.69) is 10.2 Å². The van der Waals surface area contributed by atoms with Crippen molar-refractivity contribution in [1.82, 2.24) is 10.2 Å². The average Bonchev–Trinajstić information content (AvgIpc) is 2.90. The fourth-order valence-electron chi connectivity index (χ4n) is 2.56. The smallest absolute Gasteiger partial charge is 0.128 e. The highest BCUT2D eigenvalue weighted by atomic mass is 19.1. The van der Waals surface area contributed by atoms with Crippen LogP contribution in [0.15, 0.2) is 42.5 Å². The summed E-state index contributed by atoms with van der Waals surface area (Å²) in [6.45, 7) is 4.30. The van der Waals surface area contributed by atoms with Crippen molar-refractivity contribution in [2.24, 2.45) is 0 Å². The first kappa shape index (κ1) is 15.1. The van der Waals surface area contributed by atoms with Crippen LogP contribution >= 0.6 is 0 Å². The minimum absolute atomic E-state index is 0.0887. The van der Waals surface area contributed by atoms with Gasteiger partial charge in [-0.2, -0.15) is 5.10 Å². The first-order valence-electron chi connectivity index (χ1n) is 7.37. The molecule has 23 heavy (non-hydrogen) atoms. The monoisotopic (exact) mass is 312 g/mol. The fraction of sp³-hybridized carbons (Fsp3) is 0.167. The average molecular weight is 312 g/mol. The molecule has 4 nitrogen and oxygen atoms in total. The molecule has 2 aromatic carbocycles. The molecule has 0 unspecified atom stereocenters. The Morgan fingerprint density at radius 2 is 1.91 bits per heavy atom. The van der Waals surface area contributed by atoms with Crippen molar-refractivity contribution in [3.63, 3.8) is 0 Å². The van der Waals surface area contributed by atoms with Gasteiger partial charge in [-0.25, -0.2) is 4.39 Å². The van der Waals surface area contributed by atoms with E-state index in [0.29, 0.717) is 23.6 Å². The molecule has 0 spiro atoms. The topological polar surface area (TPSA) is 58.1 Å². The van der Waals surface area contributed by atoms with Crippen molar-refractivity contribution in [3.8, 4) is 33.9 Å². The first-order chi connectivity index (χ1) is 11.1. The number of aromatic hydroxyl groups is 1. The molecule has 0 saturated heterocycles. The minimum atomic E-state index is -0.291. The van der Waals surface area contributed by atoms with Gasteiger partial charge in [0.2, 0.25) is 0 Å². The highest BCUT2D eigenvalue weighted by Crippen LogP contribution is 2.38. The largest absolute Gasteiger partial charge is 0.507 e. The maximum Gasteiger partial charge on any atom is 0.128 e. The molecular weight excluding hydrogens is 295 g/mol. The first-order valence-corrected chi connectivity index (χ1v) is 7.37. The number of H-pyrrole nitrogens is 1. The summed E-state index contributed by atoms with van der Waals surface area (Å²) in [5, 5.41) is 17.5. The van der Waals surface area contributed by atoms with Crippen molar-refractivity contribution in [3.05, 3.63) is 54.0 Å². The number of hydrogen-bond donors (Lipinski definition) is 2. The van der Waals surface area contributed by atoms with Crippen LogP contribution in [0.4, 0.5) is 4.39 Å². The summed E-state index contributed by atoms with van der Waals surface area (Å²) >= 11 is 0. The van der Waals surface area contributed by atoms with E-state index in [1.54, 1.807) is 30.3 Å². The van der Waals surface area contributed by atoms with E-state index in [-0.39, 0.29) is 11.6 Å². The molecule has 0 atom stereocenters. The lowest BCUT2D eigenvalue weighted by Crippen LogP contribution is -1.92. The number of hydrogen-bond acceptors (Lipinski definition) is 3. The Labute approximate surface area is 133 Å². The maximum absolute atomic E-state index is 13.2. The van der Waals surface area contributed by atoms with Crippen molar-refractivity contribution in [1.29, 1.82) is 0 Å². The molecule has 2 N–H and O–H groups in total. The number of aromatic amines is 1. The Morgan fingerprint density at radius 1 is 1.17 bits per heavy atom. The molecule has 0 fully saturated rings. The van der Waals surface area contributed by atoms with Crippen LogP contribution in [-0.2, 0) is 0 Å². The number of phenols is 1. The van der Waals surface area contributed by atoms with Crippen molar-refractivity contribution in [2.45, 2.75) is 13.8 Å². The molecule has 0 aliphatic carbocycles. The summed E-state index contributed by atoms with van der Waals surface area (Å²) in [5.74, 6) is 0.399. The molecule has 0 aliphatic rings. The lowest BCUT2D eigenvalue weighted by molar-refractivity contribution is 0.338. The number of nitrogens with zero attached hydrogens (tertiary/aromatic N) is 1. The van der Waals surface area contributed by atoms with E-state index in [0.717, 1.165) is 16.8 Å². The van der Waals surface area contributed by atoms with Crippen LogP contribution in [0.5, 0.6) is 11.5 Å². The molecule has 0 amide bonds. The van der Waals surface area contributed by atoms with Gasteiger partial charge in [-0.1, -0.05) is 12.1 Å². The molecule has 0 saturated carbocycles. The summed E-state index contributed by atoms with van der Waals surface area (Å²) in [5.41, 5.74) is 3.73. The molecule has 3 rings (SSSR count). The third kappa shape index (κ3) is 2.90. The van der Waals surface area contributed by atoms with Crippen LogP contribution in [0.1, 0.15) is 12.6 Å². The normalized spacial score (nSPS) is 10.7. The van der Waals surface area contributed by atoms with Gasteiger partial charge in [-0.05, 0) is 43.7 Å². The Bertz CT molecular complexity index is 826. The van der Waals surface area contributed by atoms with Crippen LogP contribution in [-0.4, -0.2) is 21.9 Å². The van der Waals surface area contributed by atoms with Gasteiger partial charge in [-0.15, -0.1) is 0 Å². The summed E-state index contributed by atoms with van der Waals surface area (Å²) in [4.78, 5) is 0. The van der Waals surface area contributed by atoms with Crippen LogP contribution in [0.25, 0.3) is 22.4 Å². The quantitative estimate of drug-likeness (QED) is 0.755. The number of rotatable bonds is 4. The lowest BCUT2D eigenvalue weighted by atomic mass is 9.98. The third-order valence-electron chi connectivity index (χ3n) is 3.62.